The highest BCUT2D eigenvalue weighted by atomic mass is 127. The maximum atomic E-state index is 5.93. The fourth-order valence-electron chi connectivity index (χ4n) is 2.70. The molecule has 1 saturated heterocycles. The van der Waals surface area contributed by atoms with Crippen molar-refractivity contribution in [1.82, 2.24) is 10.2 Å². The number of halogens is 2. The van der Waals surface area contributed by atoms with Gasteiger partial charge in [-0.2, -0.15) is 0 Å². The summed E-state index contributed by atoms with van der Waals surface area (Å²) >= 11 is 5.24. The van der Waals surface area contributed by atoms with Crippen LogP contribution < -0.4 is 5.32 Å². The molecule has 144 valence electrons. The third-order valence-electron chi connectivity index (χ3n) is 3.93. The van der Waals surface area contributed by atoms with Crippen molar-refractivity contribution in [2.24, 2.45) is 4.99 Å². The molecule has 25 heavy (non-hydrogen) atoms. The van der Waals surface area contributed by atoms with E-state index in [1.165, 1.54) is 4.88 Å². The molecule has 0 aliphatic carbocycles. The van der Waals surface area contributed by atoms with Gasteiger partial charge in [-0.3, -0.25) is 0 Å². The van der Waals surface area contributed by atoms with Crippen LogP contribution in [0.5, 0.6) is 0 Å². The van der Waals surface area contributed by atoms with Crippen molar-refractivity contribution in [2.75, 3.05) is 40.0 Å². The first kappa shape index (κ1) is 23.1. The van der Waals surface area contributed by atoms with Crippen molar-refractivity contribution in [1.29, 1.82) is 0 Å². The van der Waals surface area contributed by atoms with Crippen molar-refractivity contribution < 1.29 is 9.47 Å². The predicted molar refractivity (Wildman–Crippen MR) is 119 cm³/mol. The molecular formula is C17H29BrIN3O2S. The number of ether oxygens (including phenoxy) is 2. The van der Waals surface area contributed by atoms with Gasteiger partial charge in [0.15, 0.2) is 5.96 Å². The second-order valence-electron chi connectivity index (χ2n) is 5.80. The normalized spacial score (nSPS) is 16.0. The van der Waals surface area contributed by atoms with Crippen molar-refractivity contribution >= 4 is 57.2 Å². The van der Waals surface area contributed by atoms with Crippen LogP contribution in [-0.4, -0.2) is 56.9 Å². The lowest BCUT2D eigenvalue weighted by Crippen LogP contribution is -2.47. The van der Waals surface area contributed by atoms with Gasteiger partial charge in [-0.15, -0.1) is 35.3 Å². The topological polar surface area (TPSA) is 46.1 Å². The van der Waals surface area contributed by atoms with Gasteiger partial charge >= 0.3 is 0 Å². The number of hydrogen-bond donors (Lipinski definition) is 1. The molecule has 1 N–H and O–H groups in total. The van der Waals surface area contributed by atoms with E-state index in [0.717, 1.165) is 69.1 Å². The summed E-state index contributed by atoms with van der Waals surface area (Å²) in [6.07, 6.45) is 3.45. The summed E-state index contributed by atoms with van der Waals surface area (Å²) in [6, 6.07) is 2.14. The van der Waals surface area contributed by atoms with E-state index < -0.39 is 0 Å². The molecule has 0 amide bonds. The number of methoxy groups -OCH3 is 1. The van der Waals surface area contributed by atoms with Crippen LogP contribution in [0.4, 0.5) is 0 Å². The van der Waals surface area contributed by atoms with Gasteiger partial charge in [0, 0.05) is 54.7 Å². The van der Waals surface area contributed by atoms with E-state index in [2.05, 4.69) is 44.5 Å². The smallest absolute Gasteiger partial charge is 0.194 e. The van der Waals surface area contributed by atoms with Gasteiger partial charge in [0.2, 0.25) is 0 Å². The van der Waals surface area contributed by atoms with Crippen molar-refractivity contribution in [3.8, 4) is 0 Å². The number of thiophene rings is 1. The highest BCUT2D eigenvalue weighted by molar-refractivity contribution is 14.0. The Balaban J connectivity index is 0.00000312. The maximum Gasteiger partial charge on any atom is 0.194 e. The highest BCUT2D eigenvalue weighted by Gasteiger charge is 2.21. The van der Waals surface area contributed by atoms with E-state index in [1.807, 2.05) is 0 Å². The molecule has 0 saturated carbocycles. The third kappa shape index (κ3) is 8.55. The van der Waals surface area contributed by atoms with Crippen LogP contribution in [0.2, 0.25) is 0 Å². The Morgan fingerprint density at radius 2 is 2.16 bits per heavy atom. The molecule has 0 radical (unpaired) electrons. The maximum absolute atomic E-state index is 5.93. The molecule has 0 bridgehead atoms. The van der Waals surface area contributed by atoms with Crippen molar-refractivity contribution in [2.45, 2.75) is 38.8 Å². The molecule has 8 heteroatoms. The first-order valence-electron chi connectivity index (χ1n) is 8.59. The molecular weight excluding hydrogens is 517 g/mol. The van der Waals surface area contributed by atoms with Crippen LogP contribution in [0.15, 0.2) is 20.9 Å². The minimum Gasteiger partial charge on any atom is -0.385 e. The van der Waals surface area contributed by atoms with Crippen molar-refractivity contribution in [3.63, 3.8) is 0 Å². The molecule has 0 spiro atoms. The summed E-state index contributed by atoms with van der Waals surface area (Å²) in [4.78, 5) is 8.42. The largest absolute Gasteiger partial charge is 0.385 e. The zero-order chi connectivity index (χ0) is 17.2. The van der Waals surface area contributed by atoms with E-state index in [4.69, 9.17) is 14.5 Å². The van der Waals surface area contributed by atoms with Gasteiger partial charge in [0.05, 0.1) is 12.6 Å². The first-order chi connectivity index (χ1) is 11.7. The Labute approximate surface area is 180 Å². The van der Waals surface area contributed by atoms with Crippen LogP contribution in [0.25, 0.3) is 0 Å². The van der Waals surface area contributed by atoms with Crippen LogP contribution in [0.1, 0.15) is 31.1 Å². The predicted octanol–water partition coefficient (Wildman–Crippen LogP) is 4.11. The minimum atomic E-state index is 0. The summed E-state index contributed by atoms with van der Waals surface area (Å²) in [6.45, 7) is 7.29. The summed E-state index contributed by atoms with van der Waals surface area (Å²) in [5.41, 5.74) is 0. The van der Waals surface area contributed by atoms with Gasteiger partial charge in [0.1, 0.15) is 0 Å². The van der Waals surface area contributed by atoms with Gasteiger partial charge in [-0.25, -0.2) is 4.99 Å². The van der Waals surface area contributed by atoms with Gasteiger partial charge < -0.3 is 19.7 Å². The molecule has 0 atom stereocenters. The second-order valence-corrected chi connectivity index (χ2v) is 7.72. The number of piperidine rings is 1. The van der Waals surface area contributed by atoms with Crippen LogP contribution in [0.3, 0.4) is 0 Å². The second kappa shape index (κ2) is 13.3. The molecule has 0 aromatic carbocycles. The standard InChI is InChI=1S/C17H28BrN3O2S.HI/c1-3-19-17(20-12-16-11-14(18)13-24-16)21-7-5-15(6-8-21)23-10-4-9-22-2;/h11,13,15H,3-10,12H2,1-2H3,(H,19,20);1H. The Morgan fingerprint density at radius 1 is 1.40 bits per heavy atom. The Bertz CT molecular complexity index is 508. The fourth-order valence-corrected chi connectivity index (χ4v) is 4.08. The molecule has 1 fully saturated rings. The number of rotatable bonds is 8. The van der Waals surface area contributed by atoms with E-state index in [9.17, 15) is 0 Å². The molecule has 1 aromatic rings. The molecule has 0 unspecified atom stereocenters. The molecule has 2 heterocycles. The van der Waals surface area contributed by atoms with E-state index in [-0.39, 0.29) is 24.0 Å². The number of guanidine groups is 1. The first-order valence-corrected chi connectivity index (χ1v) is 10.3. The van der Waals surface area contributed by atoms with Gasteiger partial charge in [-0.1, -0.05) is 0 Å². The lowest BCUT2D eigenvalue weighted by atomic mass is 10.1. The summed E-state index contributed by atoms with van der Waals surface area (Å²) < 4.78 is 12.1. The highest BCUT2D eigenvalue weighted by Crippen LogP contribution is 2.21. The minimum absolute atomic E-state index is 0. The Kier molecular flexibility index (Phi) is 12.3. The number of nitrogens with zero attached hydrogens (tertiary/aromatic N) is 2. The number of likely N-dealkylation sites (tertiary alicyclic amines) is 1. The van der Waals surface area contributed by atoms with Crippen molar-refractivity contribution in [3.05, 3.63) is 20.8 Å². The molecule has 1 aliphatic rings. The Hall–Kier alpha value is 0.1000. The average Bonchev–Trinajstić information content (AvgIpc) is 3.01. The number of aliphatic imine (C=N–C) groups is 1. The van der Waals surface area contributed by atoms with E-state index >= 15 is 0 Å². The lowest BCUT2D eigenvalue weighted by molar-refractivity contribution is 0.00990. The lowest BCUT2D eigenvalue weighted by Gasteiger charge is -2.34. The van der Waals surface area contributed by atoms with E-state index in [1.54, 1.807) is 18.4 Å². The molecule has 1 aromatic heterocycles. The van der Waals surface area contributed by atoms with E-state index in [0.29, 0.717) is 6.10 Å². The average molecular weight is 546 g/mol. The number of nitrogens with one attached hydrogen (secondary N) is 1. The summed E-state index contributed by atoms with van der Waals surface area (Å²) in [5, 5.41) is 5.52. The molecule has 2 rings (SSSR count). The summed E-state index contributed by atoms with van der Waals surface area (Å²) in [5.74, 6) is 1.01. The Morgan fingerprint density at radius 3 is 2.76 bits per heavy atom. The monoisotopic (exact) mass is 545 g/mol. The third-order valence-corrected chi connectivity index (χ3v) is 5.61. The fraction of sp³-hybridized carbons (Fsp3) is 0.706. The van der Waals surface area contributed by atoms with Crippen LogP contribution in [0, 0.1) is 0 Å². The van der Waals surface area contributed by atoms with Crippen LogP contribution >= 0.6 is 51.2 Å². The zero-order valence-corrected chi connectivity index (χ0v) is 19.7. The molecule has 5 nitrogen and oxygen atoms in total. The summed E-state index contributed by atoms with van der Waals surface area (Å²) in [7, 11) is 1.73. The zero-order valence-electron chi connectivity index (χ0n) is 15.0. The quantitative estimate of drug-likeness (QED) is 0.231. The number of hydrogen-bond acceptors (Lipinski definition) is 4. The van der Waals surface area contributed by atoms with Crippen LogP contribution in [-0.2, 0) is 16.0 Å². The van der Waals surface area contributed by atoms with Gasteiger partial charge in [0.25, 0.3) is 0 Å². The SMILES string of the molecule is CCNC(=NCc1cc(Br)cs1)N1CCC(OCCCOC)CC1.I. The molecule has 1 aliphatic heterocycles. The van der Waals surface area contributed by atoms with Gasteiger partial charge in [-0.05, 0) is 48.2 Å².